The number of pyridine rings is 1. The molecule has 94 valence electrons. The molecule has 0 fully saturated rings. The lowest BCUT2D eigenvalue weighted by atomic mass is 9.99. The molecular weight excluding hydrogens is 226 g/mol. The van der Waals surface area contributed by atoms with Crippen LogP contribution in [0, 0.1) is 13.8 Å². The van der Waals surface area contributed by atoms with Gasteiger partial charge in [-0.3, -0.25) is 4.79 Å². The van der Waals surface area contributed by atoms with Crippen molar-refractivity contribution in [3.05, 3.63) is 34.9 Å². The second-order valence-electron chi connectivity index (χ2n) is 4.44. The van der Waals surface area contributed by atoms with Crippen LogP contribution in [0.2, 0.25) is 0 Å². The van der Waals surface area contributed by atoms with E-state index < -0.39 is 0 Å². The standard InChI is InChI=1S/C15H17NO2/c1-5-12-10(3)14-9(2)7-6-8-13(14)16-15(12)18-11(4)17/h6-8H,5H2,1-4H3. The van der Waals surface area contributed by atoms with Gasteiger partial charge in [-0.05, 0) is 37.5 Å². The number of benzene rings is 1. The van der Waals surface area contributed by atoms with Gasteiger partial charge in [0.25, 0.3) is 0 Å². The first kappa shape index (κ1) is 12.6. The van der Waals surface area contributed by atoms with E-state index in [1.807, 2.05) is 19.1 Å². The van der Waals surface area contributed by atoms with E-state index in [0.29, 0.717) is 5.88 Å². The van der Waals surface area contributed by atoms with E-state index in [1.165, 1.54) is 12.5 Å². The highest BCUT2D eigenvalue weighted by Gasteiger charge is 2.14. The highest BCUT2D eigenvalue weighted by molar-refractivity contribution is 5.87. The second-order valence-corrected chi connectivity index (χ2v) is 4.44. The van der Waals surface area contributed by atoms with Crippen molar-refractivity contribution in [2.75, 3.05) is 0 Å². The highest BCUT2D eigenvalue weighted by atomic mass is 16.5. The predicted molar refractivity (Wildman–Crippen MR) is 71.9 cm³/mol. The lowest BCUT2D eigenvalue weighted by molar-refractivity contribution is -0.132. The van der Waals surface area contributed by atoms with E-state index in [9.17, 15) is 4.79 Å². The zero-order valence-corrected chi connectivity index (χ0v) is 11.2. The van der Waals surface area contributed by atoms with Crippen LogP contribution in [0.1, 0.15) is 30.5 Å². The Morgan fingerprint density at radius 1 is 1.33 bits per heavy atom. The molecule has 0 unspecified atom stereocenters. The molecule has 0 N–H and O–H groups in total. The third-order valence-corrected chi connectivity index (χ3v) is 3.15. The third-order valence-electron chi connectivity index (χ3n) is 3.15. The van der Waals surface area contributed by atoms with E-state index in [2.05, 4.69) is 24.9 Å². The molecule has 0 spiro atoms. The number of rotatable bonds is 2. The first-order valence-electron chi connectivity index (χ1n) is 6.11. The van der Waals surface area contributed by atoms with Gasteiger partial charge in [0, 0.05) is 17.9 Å². The molecule has 1 aromatic carbocycles. The number of fused-ring (bicyclic) bond motifs is 1. The smallest absolute Gasteiger partial charge is 0.309 e. The Kier molecular flexibility index (Phi) is 3.32. The van der Waals surface area contributed by atoms with Crippen LogP contribution in [-0.2, 0) is 11.2 Å². The number of hydrogen-bond donors (Lipinski definition) is 0. The molecule has 1 heterocycles. The summed E-state index contributed by atoms with van der Waals surface area (Å²) in [7, 11) is 0. The van der Waals surface area contributed by atoms with Crippen LogP contribution in [0.4, 0.5) is 0 Å². The second kappa shape index (κ2) is 4.77. The molecule has 0 aliphatic heterocycles. The number of esters is 1. The molecule has 2 rings (SSSR count). The van der Waals surface area contributed by atoms with Crippen LogP contribution < -0.4 is 4.74 Å². The quantitative estimate of drug-likeness (QED) is 0.759. The highest BCUT2D eigenvalue weighted by Crippen LogP contribution is 2.30. The molecule has 18 heavy (non-hydrogen) atoms. The van der Waals surface area contributed by atoms with Gasteiger partial charge in [0.15, 0.2) is 0 Å². The van der Waals surface area contributed by atoms with Gasteiger partial charge in [-0.15, -0.1) is 0 Å². The zero-order chi connectivity index (χ0) is 13.3. The van der Waals surface area contributed by atoms with Crippen LogP contribution in [0.25, 0.3) is 10.9 Å². The number of aryl methyl sites for hydroxylation is 2. The molecule has 0 saturated heterocycles. The lowest BCUT2D eigenvalue weighted by Gasteiger charge is -2.13. The SMILES string of the molecule is CCc1c(OC(C)=O)nc2cccc(C)c2c1C. The van der Waals surface area contributed by atoms with E-state index >= 15 is 0 Å². The summed E-state index contributed by atoms with van der Waals surface area (Å²) in [6.07, 6.45) is 0.797. The van der Waals surface area contributed by atoms with Crippen LogP contribution >= 0.6 is 0 Å². The molecule has 0 aliphatic carbocycles. The van der Waals surface area contributed by atoms with Crippen LogP contribution in [0.3, 0.4) is 0 Å². The summed E-state index contributed by atoms with van der Waals surface area (Å²) < 4.78 is 5.22. The molecule has 0 saturated carbocycles. The topological polar surface area (TPSA) is 39.2 Å². The van der Waals surface area contributed by atoms with Gasteiger partial charge in [0.2, 0.25) is 5.88 Å². The summed E-state index contributed by atoms with van der Waals surface area (Å²) >= 11 is 0. The minimum atomic E-state index is -0.330. The molecule has 3 nitrogen and oxygen atoms in total. The summed E-state index contributed by atoms with van der Waals surface area (Å²) in [5.41, 5.74) is 4.23. The summed E-state index contributed by atoms with van der Waals surface area (Å²) in [5, 5.41) is 1.16. The van der Waals surface area contributed by atoms with Crippen molar-refractivity contribution < 1.29 is 9.53 Å². The number of ether oxygens (including phenoxy) is 1. The van der Waals surface area contributed by atoms with Gasteiger partial charge in [-0.2, -0.15) is 0 Å². The minimum absolute atomic E-state index is 0.330. The van der Waals surface area contributed by atoms with Crippen molar-refractivity contribution in [2.45, 2.75) is 34.1 Å². The van der Waals surface area contributed by atoms with E-state index in [1.54, 1.807) is 0 Å². The fourth-order valence-electron chi connectivity index (χ4n) is 2.36. The van der Waals surface area contributed by atoms with E-state index in [-0.39, 0.29) is 5.97 Å². The van der Waals surface area contributed by atoms with E-state index in [4.69, 9.17) is 4.74 Å². The monoisotopic (exact) mass is 243 g/mol. The van der Waals surface area contributed by atoms with Gasteiger partial charge in [-0.1, -0.05) is 19.1 Å². The maximum Gasteiger partial charge on any atom is 0.309 e. The molecule has 3 heteroatoms. The van der Waals surface area contributed by atoms with Crippen molar-refractivity contribution >= 4 is 16.9 Å². The van der Waals surface area contributed by atoms with Crippen molar-refractivity contribution in [1.29, 1.82) is 0 Å². The fraction of sp³-hybridized carbons (Fsp3) is 0.333. The molecule has 0 aliphatic rings. The number of carbonyl (C=O) groups is 1. The normalized spacial score (nSPS) is 10.7. The van der Waals surface area contributed by atoms with Gasteiger partial charge < -0.3 is 4.74 Å². The Hall–Kier alpha value is -1.90. The largest absolute Gasteiger partial charge is 0.407 e. The number of aromatic nitrogens is 1. The van der Waals surface area contributed by atoms with Crippen molar-refractivity contribution in [2.24, 2.45) is 0 Å². The molecule has 2 aromatic rings. The van der Waals surface area contributed by atoms with Crippen LogP contribution in [0.15, 0.2) is 18.2 Å². The van der Waals surface area contributed by atoms with Gasteiger partial charge in [0.05, 0.1) is 5.52 Å². The molecular formula is C15H17NO2. The number of hydrogen-bond acceptors (Lipinski definition) is 3. The van der Waals surface area contributed by atoms with E-state index in [0.717, 1.165) is 28.5 Å². The Labute approximate surface area is 107 Å². The first-order chi connectivity index (χ1) is 8.54. The third kappa shape index (κ3) is 2.08. The Morgan fingerprint density at radius 3 is 2.67 bits per heavy atom. The Morgan fingerprint density at radius 2 is 2.06 bits per heavy atom. The fourth-order valence-corrected chi connectivity index (χ4v) is 2.36. The Balaban J connectivity index is 2.77. The number of nitrogens with zero attached hydrogens (tertiary/aromatic N) is 1. The summed E-state index contributed by atoms with van der Waals surface area (Å²) in [4.78, 5) is 15.6. The molecule has 0 bridgehead atoms. The van der Waals surface area contributed by atoms with Crippen LogP contribution in [0.5, 0.6) is 5.88 Å². The maximum atomic E-state index is 11.1. The van der Waals surface area contributed by atoms with Crippen molar-refractivity contribution in [1.82, 2.24) is 4.98 Å². The molecule has 0 radical (unpaired) electrons. The molecule has 0 amide bonds. The minimum Gasteiger partial charge on any atom is -0.407 e. The average molecular weight is 243 g/mol. The van der Waals surface area contributed by atoms with Gasteiger partial charge in [-0.25, -0.2) is 4.98 Å². The molecule has 1 aromatic heterocycles. The average Bonchev–Trinajstić information content (AvgIpc) is 2.28. The molecule has 0 atom stereocenters. The Bertz CT molecular complexity index is 617. The van der Waals surface area contributed by atoms with Gasteiger partial charge >= 0.3 is 5.97 Å². The zero-order valence-electron chi connectivity index (χ0n) is 11.2. The predicted octanol–water partition coefficient (Wildman–Crippen LogP) is 3.34. The summed E-state index contributed by atoms with van der Waals surface area (Å²) in [5.74, 6) is 0.115. The summed E-state index contributed by atoms with van der Waals surface area (Å²) in [6.45, 7) is 7.57. The lowest BCUT2D eigenvalue weighted by Crippen LogP contribution is -2.07. The first-order valence-corrected chi connectivity index (χ1v) is 6.11. The van der Waals surface area contributed by atoms with Gasteiger partial charge in [0.1, 0.15) is 0 Å². The maximum absolute atomic E-state index is 11.1. The number of carbonyl (C=O) groups excluding carboxylic acids is 1. The van der Waals surface area contributed by atoms with Crippen LogP contribution in [-0.4, -0.2) is 11.0 Å². The van der Waals surface area contributed by atoms with Crippen molar-refractivity contribution in [3.63, 3.8) is 0 Å². The summed E-state index contributed by atoms with van der Waals surface area (Å²) in [6, 6.07) is 5.98. The van der Waals surface area contributed by atoms with Crippen molar-refractivity contribution in [3.8, 4) is 5.88 Å².